The molecule has 0 saturated heterocycles. The molecule has 0 unspecified atom stereocenters. The Kier molecular flexibility index (Phi) is 3.99. The molecule has 110 valence electrons. The number of hydrogen-bond donors (Lipinski definition) is 1. The van der Waals surface area contributed by atoms with Gasteiger partial charge in [-0.1, -0.05) is 43.9 Å². The van der Waals surface area contributed by atoms with Crippen molar-refractivity contribution in [2.75, 3.05) is 5.32 Å². The summed E-state index contributed by atoms with van der Waals surface area (Å²) in [6.45, 7) is 0. The van der Waals surface area contributed by atoms with Gasteiger partial charge < -0.3 is 5.32 Å². The molecule has 1 heterocycles. The number of nitrogens with one attached hydrogen (secondary N) is 1. The number of fused-ring (bicyclic) bond motifs is 1. The minimum atomic E-state index is -0.349. The molecule has 5 heteroatoms. The molecule has 0 spiro atoms. The van der Waals surface area contributed by atoms with Crippen molar-refractivity contribution in [3.05, 3.63) is 40.6 Å². The zero-order valence-corrected chi connectivity index (χ0v) is 11.9. The number of nitrogens with zero attached hydrogens (tertiary/aromatic N) is 2. The number of rotatable bonds is 3. The van der Waals surface area contributed by atoms with Crippen LogP contribution in [0, 0.1) is 10.1 Å². The van der Waals surface area contributed by atoms with E-state index in [9.17, 15) is 10.1 Å². The van der Waals surface area contributed by atoms with Crippen molar-refractivity contribution in [2.45, 2.75) is 44.6 Å². The molecule has 1 saturated carbocycles. The van der Waals surface area contributed by atoms with Crippen molar-refractivity contribution < 1.29 is 4.92 Å². The fourth-order valence-corrected chi connectivity index (χ4v) is 3.05. The highest BCUT2D eigenvalue weighted by Gasteiger charge is 2.21. The first-order valence-electron chi connectivity index (χ1n) is 7.54. The van der Waals surface area contributed by atoms with Gasteiger partial charge in [0.2, 0.25) is 0 Å². The molecule has 1 aromatic heterocycles. The summed E-state index contributed by atoms with van der Waals surface area (Å²) >= 11 is 0. The number of para-hydroxylation sites is 1. The second kappa shape index (κ2) is 6.08. The summed E-state index contributed by atoms with van der Waals surface area (Å²) in [5, 5.41) is 15.6. The number of hydrogen-bond acceptors (Lipinski definition) is 4. The lowest BCUT2D eigenvalue weighted by atomic mass is 10.1. The quantitative estimate of drug-likeness (QED) is 0.519. The first-order chi connectivity index (χ1) is 10.3. The number of anilines is 1. The third kappa shape index (κ3) is 2.96. The summed E-state index contributed by atoms with van der Waals surface area (Å²) in [4.78, 5) is 15.1. The van der Waals surface area contributed by atoms with Gasteiger partial charge in [0.1, 0.15) is 11.9 Å². The maximum Gasteiger partial charge on any atom is 0.311 e. The maximum atomic E-state index is 11.3. The van der Waals surface area contributed by atoms with E-state index in [2.05, 4.69) is 10.3 Å². The average molecular weight is 285 g/mol. The van der Waals surface area contributed by atoms with Gasteiger partial charge in [-0.05, 0) is 18.9 Å². The van der Waals surface area contributed by atoms with Gasteiger partial charge >= 0.3 is 5.69 Å². The Hall–Kier alpha value is -2.17. The molecular formula is C16H19N3O2. The Labute approximate surface area is 123 Å². The maximum absolute atomic E-state index is 11.3. The van der Waals surface area contributed by atoms with E-state index >= 15 is 0 Å². The predicted octanol–water partition coefficient (Wildman–Crippen LogP) is 4.28. The van der Waals surface area contributed by atoms with Crippen molar-refractivity contribution in [2.24, 2.45) is 0 Å². The molecule has 0 radical (unpaired) electrons. The second-order valence-electron chi connectivity index (χ2n) is 5.63. The standard InChI is InChI=1S/C16H19N3O2/c20-19(21)15-11-17-14-10-6-5-9-13(14)16(15)18-12-7-3-1-2-4-8-12/h5-6,9-12H,1-4,7-8H2,(H,17,18). The van der Waals surface area contributed by atoms with Crippen LogP contribution >= 0.6 is 0 Å². The molecule has 0 aliphatic heterocycles. The molecule has 3 rings (SSSR count). The molecule has 1 fully saturated rings. The van der Waals surface area contributed by atoms with Crippen LogP contribution in [-0.4, -0.2) is 15.9 Å². The summed E-state index contributed by atoms with van der Waals surface area (Å²) in [5.41, 5.74) is 1.48. The van der Waals surface area contributed by atoms with Crippen LogP contribution in [-0.2, 0) is 0 Å². The summed E-state index contributed by atoms with van der Waals surface area (Å²) in [5.74, 6) is 0. The normalized spacial score (nSPS) is 16.6. The number of nitro groups is 1. The lowest BCUT2D eigenvalue weighted by molar-refractivity contribution is -0.384. The van der Waals surface area contributed by atoms with Gasteiger partial charge in [-0.2, -0.15) is 0 Å². The molecule has 21 heavy (non-hydrogen) atoms. The van der Waals surface area contributed by atoms with Gasteiger partial charge in [0.15, 0.2) is 0 Å². The summed E-state index contributed by atoms with van der Waals surface area (Å²) in [7, 11) is 0. The van der Waals surface area contributed by atoms with Crippen LogP contribution < -0.4 is 5.32 Å². The van der Waals surface area contributed by atoms with Crippen LogP contribution in [0.5, 0.6) is 0 Å². The highest BCUT2D eigenvalue weighted by Crippen LogP contribution is 2.33. The minimum absolute atomic E-state index is 0.0675. The van der Waals surface area contributed by atoms with Crippen LogP contribution in [0.1, 0.15) is 38.5 Å². The fourth-order valence-electron chi connectivity index (χ4n) is 3.05. The molecule has 1 N–H and O–H groups in total. The Balaban J connectivity index is 2.01. The van der Waals surface area contributed by atoms with Crippen LogP contribution in [0.3, 0.4) is 0 Å². The van der Waals surface area contributed by atoms with Crippen LogP contribution in [0.15, 0.2) is 30.5 Å². The van der Waals surface area contributed by atoms with Crippen molar-refractivity contribution >= 4 is 22.3 Å². The summed E-state index contributed by atoms with van der Waals surface area (Å²) < 4.78 is 0. The first-order valence-corrected chi connectivity index (χ1v) is 7.54. The summed E-state index contributed by atoms with van der Waals surface area (Å²) in [6.07, 6.45) is 8.42. The Bertz CT molecular complexity index is 649. The van der Waals surface area contributed by atoms with E-state index in [1.165, 1.54) is 31.9 Å². The van der Waals surface area contributed by atoms with E-state index in [0.717, 1.165) is 23.7 Å². The molecule has 5 nitrogen and oxygen atoms in total. The summed E-state index contributed by atoms with van der Waals surface area (Å²) in [6, 6.07) is 7.89. The molecule has 0 amide bonds. The second-order valence-corrected chi connectivity index (χ2v) is 5.63. The minimum Gasteiger partial charge on any atom is -0.376 e. The fraction of sp³-hybridized carbons (Fsp3) is 0.438. The number of aromatic nitrogens is 1. The predicted molar refractivity (Wildman–Crippen MR) is 83.5 cm³/mol. The topological polar surface area (TPSA) is 68.1 Å². The highest BCUT2D eigenvalue weighted by atomic mass is 16.6. The zero-order valence-electron chi connectivity index (χ0n) is 11.9. The zero-order chi connectivity index (χ0) is 14.7. The molecular weight excluding hydrogens is 266 g/mol. The van der Waals surface area contributed by atoms with Gasteiger partial charge in [-0.3, -0.25) is 10.1 Å². The Morgan fingerprint density at radius 2 is 1.86 bits per heavy atom. The van der Waals surface area contributed by atoms with Gasteiger partial charge in [0.05, 0.1) is 10.4 Å². The monoisotopic (exact) mass is 285 g/mol. The van der Waals surface area contributed by atoms with Crippen LogP contribution in [0.2, 0.25) is 0 Å². The van der Waals surface area contributed by atoms with Gasteiger partial charge in [-0.25, -0.2) is 4.98 Å². The number of pyridine rings is 1. The lowest BCUT2D eigenvalue weighted by Gasteiger charge is -2.18. The van der Waals surface area contributed by atoms with E-state index in [-0.39, 0.29) is 10.6 Å². The molecule has 1 aromatic carbocycles. The molecule has 2 aromatic rings. The largest absolute Gasteiger partial charge is 0.376 e. The smallest absolute Gasteiger partial charge is 0.311 e. The molecule has 0 bridgehead atoms. The third-order valence-electron chi connectivity index (χ3n) is 4.16. The van der Waals surface area contributed by atoms with E-state index in [0.29, 0.717) is 11.7 Å². The first kappa shape index (κ1) is 13.8. The molecule has 1 aliphatic carbocycles. The average Bonchev–Trinajstić information content (AvgIpc) is 2.76. The molecule has 0 atom stereocenters. The van der Waals surface area contributed by atoms with Crippen LogP contribution in [0.4, 0.5) is 11.4 Å². The van der Waals surface area contributed by atoms with Crippen molar-refractivity contribution in [1.29, 1.82) is 0 Å². The van der Waals surface area contributed by atoms with Crippen LogP contribution in [0.25, 0.3) is 10.9 Å². The Morgan fingerprint density at radius 1 is 1.14 bits per heavy atom. The molecule has 1 aliphatic rings. The van der Waals surface area contributed by atoms with Crippen molar-refractivity contribution in [3.8, 4) is 0 Å². The lowest BCUT2D eigenvalue weighted by Crippen LogP contribution is -2.19. The van der Waals surface area contributed by atoms with E-state index in [4.69, 9.17) is 0 Å². The van der Waals surface area contributed by atoms with Crippen molar-refractivity contribution in [3.63, 3.8) is 0 Å². The van der Waals surface area contributed by atoms with E-state index in [1.807, 2.05) is 24.3 Å². The Morgan fingerprint density at radius 3 is 2.57 bits per heavy atom. The van der Waals surface area contributed by atoms with Gasteiger partial charge in [0.25, 0.3) is 0 Å². The van der Waals surface area contributed by atoms with Crippen molar-refractivity contribution in [1.82, 2.24) is 4.98 Å². The van der Waals surface area contributed by atoms with Gasteiger partial charge in [0, 0.05) is 11.4 Å². The highest BCUT2D eigenvalue weighted by molar-refractivity contribution is 5.95. The van der Waals surface area contributed by atoms with Gasteiger partial charge in [-0.15, -0.1) is 0 Å². The SMILES string of the molecule is O=[N+]([O-])c1cnc2ccccc2c1NC1CCCCCC1. The van der Waals surface area contributed by atoms with E-state index < -0.39 is 0 Å². The number of benzene rings is 1. The van der Waals surface area contributed by atoms with E-state index in [1.54, 1.807) is 0 Å². The third-order valence-corrected chi connectivity index (χ3v) is 4.16.